The summed E-state index contributed by atoms with van der Waals surface area (Å²) in [6, 6.07) is 28.6. The molecule has 0 aliphatic rings. The zero-order valence-electron chi connectivity index (χ0n) is 19.4. The lowest BCUT2D eigenvalue weighted by Gasteiger charge is -2.18. The van der Waals surface area contributed by atoms with Crippen molar-refractivity contribution in [1.82, 2.24) is 4.98 Å². The molecule has 0 aliphatic carbocycles. The number of aromatic nitrogens is 1. The summed E-state index contributed by atoms with van der Waals surface area (Å²) < 4.78 is 0. The quantitative estimate of drug-likeness (QED) is 0.181. The number of hydrogen-bond acceptors (Lipinski definition) is 2. The van der Waals surface area contributed by atoms with E-state index in [0.717, 1.165) is 97.2 Å². The minimum Gasteiger partial charge on any atom is -0.354 e. The normalized spacial score (nSPS) is 13.1. The summed E-state index contributed by atoms with van der Waals surface area (Å²) in [5.74, 6) is 0. The van der Waals surface area contributed by atoms with E-state index in [1.165, 1.54) is 0 Å². The Labute approximate surface area is 207 Å². The monoisotopic (exact) mass is 469 g/mol. The van der Waals surface area contributed by atoms with Crippen molar-refractivity contribution in [3.63, 3.8) is 0 Å². The molecule has 0 saturated carbocycles. The molecule has 3 nitrogen and oxygen atoms in total. The molecule has 1 N–H and O–H groups in total. The van der Waals surface area contributed by atoms with E-state index in [1.54, 1.807) is 0 Å². The zero-order chi connectivity index (χ0) is 24.2. The minimum absolute atomic E-state index is 0.0660. The first-order chi connectivity index (χ1) is 18.2. The van der Waals surface area contributed by atoms with Crippen LogP contribution in [0.3, 0.4) is 0 Å². The molecule has 0 radical (unpaired) electrons. The van der Waals surface area contributed by atoms with Crippen molar-refractivity contribution in [2.75, 3.05) is 0 Å². The van der Waals surface area contributed by atoms with Crippen molar-refractivity contribution in [3.05, 3.63) is 105 Å². The molecule has 1 heterocycles. The zero-order valence-corrected chi connectivity index (χ0v) is 19.4. The maximum absolute atomic E-state index is 13.7. The first-order valence-electron chi connectivity index (χ1n) is 12.5. The lowest BCUT2D eigenvalue weighted by atomic mass is 9.83. The minimum atomic E-state index is 0.0660. The molecule has 37 heavy (non-hydrogen) atoms. The molecule has 168 valence electrons. The number of rotatable bonds is 0. The highest BCUT2D eigenvalue weighted by molar-refractivity contribution is 6.47. The smallest absolute Gasteiger partial charge is 0.194 e. The molecular weight excluding hydrogens is 454 g/mol. The summed E-state index contributed by atoms with van der Waals surface area (Å²) in [5, 5.41) is 16.1. The van der Waals surface area contributed by atoms with E-state index in [1.807, 2.05) is 48.5 Å². The van der Waals surface area contributed by atoms with E-state index < -0.39 is 0 Å². The van der Waals surface area contributed by atoms with Crippen molar-refractivity contribution < 1.29 is 0 Å². The van der Waals surface area contributed by atoms with Crippen LogP contribution in [-0.4, -0.2) is 4.98 Å². The van der Waals surface area contributed by atoms with E-state index in [4.69, 9.17) is 0 Å². The fraction of sp³-hybridized carbons (Fsp3) is 0. The largest absolute Gasteiger partial charge is 0.354 e. The molecule has 0 aliphatic heterocycles. The third-order valence-corrected chi connectivity index (χ3v) is 8.79. The second-order valence-electron chi connectivity index (χ2n) is 10.4. The topological polar surface area (TPSA) is 49.9 Å². The Bertz CT molecular complexity index is 2530. The second-order valence-corrected chi connectivity index (χ2v) is 10.4. The molecule has 10 aromatic rings. The van der Waals surface area contributed by atoms with Gasteiger partial charge in [0.15, 0.2) is 10.9 Å². The van der Waals surface area contributed by atoms with Gasteiger partial charge in [-0.3, -0.25) is 9.59 Å². The molecule has 10 rings (SSSR count). The van der Waals surface area contributed by atoms with Gasteiger partial charge in [0.05, 0.1) is 0 Å². The Morgan fingerprint density at radius 1 is 0.351 bits per heavy atom. The molecule has 0 amide bonds. The fourth-order valence-electron chi connectivity index (χ4n) is 7.37. The summed E-state index contributed by atoms with van der Waals surface area (Å²) in [6.45, 7) is 0. The predicted octanol–water partition coefficient (Wildman–Crippen LogP) is 7.87. The first-order valence-corrected chi connectivity index (χ1v) is 12.5. The van der Waals surface area contributed by atoms with Gasteiger partial charge in [-0.15, -0.1) is 0 Å². The third kappa shape index (κ3) is 1.84. The Kier molecular flexibility index (Phi) is 2.81. The Morgan fingerprint density at radius 3 is 1.16 bits per heavy atom. The van der Waals surface area contributed by atoms with E-state index in [2.05, 4.69) is 41.4 Å². The van der Waals surface area contributed by atoms with Gasteiger partial charge in [0.1, 0.15) is 0 Å². The number of H-pyrrole nitrogens is 1. The van der Waals surface area contributed by atoms with Gasteiger partial charge >= 0.3 is 0 Å². The highest BCUT2D eigenvalue weighted by atomic mass is 16.1. The molecule has 3 heteroatoms. The number of nitrogens with one attached hydrogen (secondary N) is 1. The summed E-state index contributed by atoms with van der Waals surface area (Å²) >= 11 is 0. The predicted molar refractivity (Wildman–Crippen MR) is 156 cm³/mol. The molecule has 0 atom stereocenters. The summed E-state index contributed by atoms with van der Waals surface area (Å²) in [4.78, 5) is 31.1. The SMILES string of the molecule is O=c1c2ccccc2c2ccc3c4ccc5c6ccccc6c(=O)c6cc7[nH]c8cc1c2c3c8c7c4c65. The molecule has 0 bridgehead atoms. The number of fused-ring (bicyclic) bond motifs is 5. The van der Waals surface area contributed by atoms with Crippen molar-refractivity contribution in [3.8, 4) is 0 Å². The average Bonchev–Trinajstić information content (AvgIpc) is 3.32. The van der Waals surface area contributed by atoms with Crippen LogP contribution in [0.4, 0.5) is 0 Å². The van der Waals surface area contributed by atoms with Crippen LogP contribution >= 0.6 is 0 Å². The highest BCUT2D eigenvalue weighted by Crippen LogP contribution is 2.49. The lowest BCUT2D eigenvalue weighted by Crippen LogP contribution is -2.04. The van der Waals surface area contributed by atoms with Crippen molar-refractivity contribution in [2.24, 2.45) is 0 Å². The molecular formula is C34H15NO2. The van der Waals surface area contributed by atoms with Crippen molar-refractivity contribution in [1.29, 1.82) is 0 Å². The van der Waals surface area contributed by atoms with E-state index in [-0.39, 0.29) is 10.9 Å². The standard InChI is InChI=1S/C34H15NO2/c36-33-21-7-3-1-5-15(21)17-9-11-19-20-12-10-18-16-6-2-4-8-22(16)34(37)24-14-26-32(30(20)28(18)24)31-25(35-26)13-23(33)27(17)29(19)31/h1-14,35H. The van der Waals surface area contributed by atoms with Gasteiger partial charge in [0, 0.05) is 64.9 Å². The fourth-order valence-corrected chi connectivity index (χ4v) is 7.37. The Balaban J connectivity index is 1.62. The molecule has 9 aromatic carbocycles. The van der Waals surface area contributed by atoms with Gasteiger partial charge < -0.3 is 4.98 Å². The van der Waals surface area contributed by atoms with Crippen LogP contribution in [0.5, 0.6) is 0 Å². The van der Waals surface area contributed by atoms with E-state index in [9.17, 15) is 9.59 Å². The average molecular weight is 469 g/mol. The van der Waals surface area contributed by atoms with Crippen LogP contribution in [0.15, 0.2) is 94.5 Å². The van der Waals surface area contributed by atoms with Crippen LogP contribution < -0.4 is 10.9 Å². The van der Waals surface area contributed by atoms with Crippen molar-refractivity contribution in [2.45, 2.75) is 0 Å². The van der Waals surface area contributed by atoms with Gasteiger partial charge in [0.2, 0.25) is 0 Å². The van der Waals surface area contributed by atoms with E-state index in [0.29, 0.717) is 0 Å². The van der Waals surface area contributed by atoms with E-state index >= 15 is 0 Å². The number of aromatic amines is 1. The van der Waals surface area contributed by atoms with Gasteiger partial charge in [-0.2, -0.15) is 0 Å². The van der Waals surface area contributed by atoms with Crippen LogP contribution in [0.2, 0.25) is 0 Å². The van der Waals surface area contributed by atoms with Crippen molar-refractivity contribution >= 4 is 97.2 Å². The van der Waals surface area contributed by atoms with Gasteiger partial charge in [-0.1, -0.05) is 72.8 Å². The Morgan fingerprint density at radius 2 is 0.730 bits per heavy atom. The summed E-state index contributed by atoms with van der Waals surface area (Å²) in [7, 11) is 0. The number of hydrogen-bond donors (Lipinski definition) is 1. The van der Waals surface area contributed by atoms with Gasteiger partial charge in [0.25, 0.3) is 0 Å². The first kappa shape index (κ1) is 18.3. The second kappa shape index (κ2) is 5.69. The molecule has 0 spiro atoms. The van der Waals surface area contributed by atoms with Gasteiger partial charge in [-0.05, 0) is 44.5 Å². The van der Waals surface area contributed by atoms with Crippen LogP contribution in [-0.2, 0) is 0 Å². The third-order valence-electron chi connectivity index (χ3n) is 8.79. The maximum Gasteiger partial charge on any atom is 0.194 e. The Hall–Kier alpha value is -5.02. The van der Waals surface area contributed by atoms with Gasteiger partial charge in [-0.25, -0.2) is 0 Å². The lowest BCUT2D eigenvalue weighted by molar-refractivity contribution is 1.56. The summed E-state index contributed by atoms with van der Waals surface area (Å²) in [6.07, 6.45) is 0. The number of benzene rings is 9. The maximum atomic E-state index is 13.7. The van der Waals surface area contributed by atoms with Crippen LogP contribution in [0, 0.1) is 0 Å². The molecule has 0 unspecified atom stereocenters. The molecule has 0 fully saturated rings. The molecule has 0 saturated heterocycles. The summed E-state index contributed by atoms with van der Waals surface area (Å²) in [5.41, 5.74) is 2.03. The highest BCUT2D eigenvalue weighted by Gasteiger charge is 2.25. The van der Waals surface area contributed by atoms with Crippen LogP contribution in [0.25, 0.3) is 97.2 Å². The molecule has 1 aromatic heterocycles. The van der Waals surface area contributed by atoms with Crippen LogP contribution in [0.1, 0.15) is 0 Å².